The number of aromatic nitrogens is 1. The van der Waals surface area contributed by atoms with Crippen molar-refractivity contribution in [1.82, 2.24) is 29.9 Å². The minimum absolute atomic E-state index is 0.674. The molecule has 1 aromatic heterocycles. The van der Waals surface area contributed by atoms with Gasteiger partial charge < -0.3 is 24.9 Å². The van der Waals surface area contributed by atoms with Crippen LogP contribution in [0.15, 0.2) is 54.7 Å². The predicted molar refractivity (Wildman–Crippen MR) is 216 cm³/mol. The molecule has 284 valence electrons. The summed E-state index contributed by atoms with van der Waals surface area (Å²) in [5.74, 6) is 2.04. The first-order valence-corrected chi connectivity index (χ1v) is 21.1. The van der Waals surface area contributed by atoms with Crippen molar-refractivity contribution in [2.75, 3.05) is 122 Å². The first-order chi connectivity index (χ1) is 25.1. The molecule has 6 aliphatic heterocycles. The number of likely N-dealkylation sites (tertiary alicyclic amines) is 3. The molecule has 8 heteroatoms. The SMILES string of the molecule is CC.CN1CCC2(CC1)CCN(CC1CCN(c3ccccn3)CC1)CC2.c1ccc(N2CCN(CN3CCC4(CCNCC4)CC3)CC2)cc1. The van der Waals surface area contributed by atoms with Gasteiger partial charge in [0.15, 0.2) is 0 Å². The van der Waals surface area contributed by atoms with Gasteiger partial charge in [0.25, 0.3) is 0 Å². The summed E-state index contributed by atoms with van der Waals surface area (Å²) in [7, 11) is 2.28. The van der Waals surface area contributed by atoms with E-state index < -0.39 is 0 Å². The van der Waals surface area contributed by atoms with E-state index in [0.29, 0.717) is 10.8 Å². The summed E-state index contributed by atoms with van der Waals surface area (Å²) in [5.41, 5.74) is 2.74. The number of pyridine rings is 1. The summed E-state index contributed by atoms with van der Waals surface area (Å²) in [6.45, 7) is 23.9. The number of benzene rings is 1. The average molecular weight is 701 g/mol. The lowest BCUT2D eigenvalue weighted by atomic mass is 9.71. The van der Waals surface area contributed by atoms with Crippen LogP contribution in [0.4, 0.5) is 11.5 Å². The third kappa shape index (κ3) is 10.9. The van der Waals surface area contributed by atoms with Crippen molar-refractivity contribution >= 4 is 11.5 Å². The van der Waals surface area contributed by atoms with Crippen LogP contribution >= 0.6 is 0 Å². The minimum atomic E-state index is 0.674. The monoisotopic (exact) mass is 701 g/mol. The Labute approximate surface area is 311 Å². The molecule has 7 heterocycles. The Hall–Kier alpha value is -2.23. The number of hydrogen-bond acceptors (Lipinski definition) is 8. The van der Waals surface area contributed by atoms with Gasteiger partial charge in [-0.3, -0.25) is 9.80 Å². The van der Waals surface area contributed by atoms with E-state index >= 15 is 0 Å². The van der Waals surface area contributed by atoms with Crippen molar-refractivity contribution in [3.05, 3.63) is 54.7 Å². The second kappa shape index (κ2) is 19.2. The van der Waals surface area contributed by atoms with E-state index in [0.717, 1.165) is 24.8 Å². The summed E-state index contributed by atoms with van der Waals surface area (Å²) in [4.78, 5) is 20.1. The highest BCUT2D eigenvalue weighted by Gasteiger charge is 2.38. The summed E-state index contributed by atoms with van der Waals surface area (Å²) in [6.07, 6.45) is 15.9. The zero-order chi connectivity index (χ0) is 35.4. The van der Waals surface area contributed by atoms with Crippen LogP contribution in [0.2, 0.25) is 0 Å². The second-order valence-electron chi connectivity index (χ2n) is 16.7. The Kier molecular flexibility index (Phi) is 14.5. The van der Waals surface area contributed by atoms with Gasteiger partial charge >= 0.3 is 0 Å². The van der Waals surface area contributed by atoms with Crippen molar-refractivity contribution in [1.29, 1.82) is 0 Å². The molecule has 6 aliphatic rings. The molecule has 8 rings (SSSR count). The number of nitrogens with zero attached hydrogens (tertiary/aromatic N) is 7. The lowest BCUT2D eigenvalue weighted by Gasteiger charge is -2.47. The van der Waals surface area contributed by atoms with Crippen LogP contribution in [0, 0.1) is 16.7 Å². The Morgan fingerprint density at radius 1 is 0.588 bits per heavy atom. The predicted octanol–water partition coefficient (Wildman–Crippen LogP) is 6.36. The molecule has 2 spiro atoms. The first kappa shape index (κ1) is 38.5. The molecule has 0 amide bonds. The van der Waals surface area contributed by atoms with Crippen molar-refractivity contribution < 1.29 is 0 Å². The number of nitrogens with one attached hydrogen (secondary N) is 1. The molecular formula is C43H72N8. The molecule has 2 aromatic rings. The normalized spacial score (nSPS) is 25.2. The first-order valence-electron chi connectivity index (χ1n) is 21.1. The molecule has 0 saturated carbocycles. The van der Waals surface area contributed by atoms with Gasteiger partial charge in [-0.1, -0.05) is 38.1 Å². The third-order valence-electron chi connectivity index (χ3n) is 13.5. The van der Waals surface area contributed by atoms with E-state index in [1.165, 1.54) is 162 Å². The van der Waals surface area contributed by atoms with Crippen molar-refractivity contribution in [3.8, 4) is 0 Å². The number of rotatable bonds is 6. The van der Waals surface area contributed by atoms with Crippen LogP contribution in [-0.4, -0.2) is 136 Å². The number of piperazine rings is 1. The highest BCUT2D eigenvalue weighted by atomic mass is 15.4. The van der Waals surface area contributed by atoms with E-state index in [9.17, 15) is 0 Å². The number of para-hydroxylation sites is 1. The van der Waals surface area contributed by atoms with Crippen molar-refractivity contribution in [2.24, 2.45) is 16.7 Å². The Morgan fingerprint density at radius 2 is 1.14 bits per heavy atom. The molecule has 6 saturated heterocycles. The second-order valence-corrected chi connectivity index (χ2v) is 16.7. The summed E-state index contributed by atoms with van der Waals surface area (Å²) in [6, 6.07) is 17.1. The van der Waals surface area contributed by atoms with Gasteiger partial charge in [0.05, 0.1) is 6.67 Å². The van der Waals surface area contributed by atoms with Crippen molar-refractivity contribution in [3.63, 3.8) is 0 Å². The standard InChI is InChI=1S/C21H34N4.C20H32N4.C2H6/c1-23-14-7-21(8-15-23)9-16-24(17-10-21)18-19-5-12-25(13-6-19)20-4-2-3-11-22-20;1-2-4-19(5-3-1)24-16-14-23(15-17-24)18-22-12-8-20(9-13-22)6-10-21-11-7-20;1-2/h2-4,11,19H,5-10,12-18H2,1H3;1-5,21H,6-18H2;1-2H3. The maximum Gasteiger partial charge on any atom is 0.128 e. The summed E-state index contributed by atoms with van der Waals surface area (Å²) in [5, 5.41) is 3.52. The molecule has 1 N–H and O–H groups in total. The molecule has 0 bridgehead atoms. The Balaban J connectivity index is 0.000000168. The molecule has 51 heavy (non-hydrogen) atoms. The highest BCUT2D eigenvalue weighted by molar-refractivity contribution is 5.46. The molecular weight excluding hydrogens is 629 g/mol. The van der Waals surface area contributed by atoms with Crippen LogP contribution in [0.25, 0.3) is 0 Å². The third-order valence-corrected chi connectivity index (χ3v) is 13.5. The summed E-state index contributed by atoms with van der Waals surface area (Å²) >= 11 is 0. The van der Waals surface area contributed by atoms with Gasteiger partial charge in [-0.05, 0) is 165 Å². The van der Waals surface area contributed by atoms with Crippen LogP contribution in [0.3, 0.4) is 0 Å². The Bertz CT molecular complexity index is 1210. The maximum absolute atomic E-state index is 4.51. The van der Waals surface area contributed by atoms with E-state index in [2.05, 4.69) is 89.2 Å². The van der Waals surface area contributed by atoms with E-state index in [1.807, 2.05) is 26.1 Å². The number of anilines is 2. The number of piperidine rings is 5. The van der Waals surface area contributed by atoms with Gasteiger partial charge in [0.1, 0.15) is 5.82 Å². The van der Waals surface area contributed by atoms with Gasteiger partial charge in [-0.25, -0.2) is 4.98 Å². The van der Waals surface area contributed by atoms with Gasteiger partial charge in [-0.15, -0.1) is 0 Å². The fourth-order valence-corrected chi connectivity index (χ4v) is 9.75. The van der Waals surface area contributed by atoms with Crippen molar-refractivity contribution in [2.45, 2.75) is 78.1 Å². The average Bonchev–Trinajstić information content (AvgIpc) is 3.21. The van der Waals surface area contributed by atoms with Gasteiger partial charge in [0.2, 0.25) is 0 Å². The van der Waals surface area contributed by atoms with Crippen LogP contribution in [0.5, 0.6) is 0 Å². The molecule has 0 atom stereocenters. The minimum Gasteiger partial charge on any atom is -0.369 e. The highest BCUT2D eigenvalue weighted by Crippen LogP contribution is 2.41. The molecule has 6 fully saturated rings. The molecule has 0 aliphatic carbocycles. The van der Waals surface area contributed by atoms with E-state index in [4.69, 9.17) is 0 Å². The summed E-state index contributed by atoms with van der Waals surface area (Å²) < 4.78 is 0. The van der Waals surface area contributed by atoms with Gasteiger partial charge in [-0.2, -0.15) is 0 Å². The lowest BCUT2D eigenvalue weighted by molar-refractivity contribution is 0.0358. The largest absolute Gasteiger partial charge is 0.369 e. The van der Waals surface area contributed by atoms with Gasteiger partial charge in [0, 0.05) is 57.7 Å². The zero-order valence-corrected chi connectivity index (χ0v) is 32.8. The molecule has 8 nitrogen and oxygen atoms in total. The topological polar surface area (TPSA) is 44.4 Å². The van der Waals surface area contributed by atoms with Crippen LogP contribution in [0.1, 0.15) is 78.1 Å². The fraction of sp³-hybridized carbons (Fsp3) is 0.744. The smallest absolute Gasteiger partial charge is 0.128 e. The maximum atomic E-state index is 4.51. The lowest BCUT2D eigenvalue weighted by Crippen LogP contribution is -2.53. The Morgan fingerprint density at radius 3 is 1.75 bits per heavy atom. The van der Waals surface area contributed by atoms with Crippen LogP contribution in [-0.2, 0) is 0 Å². The fourth-order valence-electron chi connectivity index (χ4n) is 9.75. The molecule has 1 aromatic carbocycles. The quantitative estimate of drug-likeness (QED) is 0.374. The molecule has 0 radical (unpaired) electrons. The number of hydrogen-bond donors (Lipinski definition) is 1. The van der Waals surface area contributed by atoms with E-state index in [1.54, 1.807) is 0 Å². The zero-order valence-electron chi connectivity index (χ0n) is 32.8. The van der Waals surface area contributed by atoms with E-state index in [-0.39, 0.29) is 0 Å². The molecule has 0 unspecified atom stereocenters. The van der Waals surface area contributed by atoms with Crippen LogP contribution < -0.4 is 15.1 Å².